The summed E-state index contributed by atoms with van der Waals surface area (Å²) in [6, 6.07) is 29.4. The summed E-state index contributed by atoms with van der Waals surface area (Å²) < 4.78 is 0. The highest BCUT2D eigenvalue weighted by molar-refractivity contribution is 5.97. The number of benzene rings is 3. The molecule has 1 aliphatic rings. The summed E-state index contributed by atoms with van der Waals surface area (Å²) in [6.07, 6.45) is 2.43. The molecule has 0 spiro atoms. The number of nitrogens with zero attached hydrogens (tertiary/aromatic N) is 1. The molecular weight excluding hydrogens is 330 g/mol. The van der Waals surface area contributed by atoms with Crippen molar-refractivity contribution in [3.8, 4) is 0 Å². The number of anilines is 1. The van der Waals surface area contributed by atoms with E-state index in [-0.39, 0.29) is 11.9 Å². The topological polar surface area (TPSA) is 20.3 Å². The number of amides is 1. The van der Waals surface area contributed by atoms with Crippen LogP contribution in [0.25, 0.3) is 0 Å². The van der Waals surface area contributed by atoms with Crippen molar-refractivity contribution in [1.29, 1.82) is 0 Å². The van der Waals surface area contributed by atoms with Crippen LogP contribution in [0.4, 0.5) is 5.69 Å². The molecule has 3 aromatic rings. The van der Waals surface area contributed by atoms with Crippen LogP contribution in [0.5, 0.6) is 0 Å². The lowest BCUT2D eigenvalue weighted by Crippen LogP contribution is -2.38. The Bertz CT molecular complexity index is 847. The molecule has 0 saturated carbocycles. The van der Waals surface area contributed by atoms with E-state index < -0.39 is 0 Å². The Hall–Kier alpha value is -2.87. The molecule has 1 saturated heterocycles. The Labute approximate surface area is 161 Å². The van der Waals surface area contributed by atoms with Gasteiger partial charge in [0, 0.05) is 12.1 Å². The average molecular weight is 354 g/mol. The van der Waals surface area contributed by atoms with E-state index in [1.165, 1.54) is 22.6 Å². The molecule has 1 amide bonds. The maximum atomic E-state index is 12.8. The Balaban J connectivity index is 1.77. The van der Waals surface area contributed by atoms with Gasteiger partial charge in [-0.3, -0.25) is 4.79 Å². The van der Waals surface area contributed by atoms with E-state index in [1.54, 1.807) is 0 Å². The van der Waals surface area contributed by atoms with Crippen LogP contribution < -0.4 is 4.90 Å². The molecule has 27 heavy (non-hydrogen) atoms. The van der Waals surface area contributed by atoms with Gasteiger partial charge in [-0.05, 0) is 41.7 Å². The lowest BCUT2D eigenvalue weighted by Gasteiger charge is -2.32. The Morgan fingerprint density at radius 2 is 1.41 bits per heavy atom. The third kappa shape index (κ3) is 3.52. The van der Waals surface area contributed by atoms with Crippen molar-refractivity contribution in [2.24, 2.45) is 0 Å². The van der Waals surface area contributed by atoms with Crippen molar-refractivity contribution in [3.05, 3.63) is 108 Å². The quantitative estimate of drug-likeness (QED) is 0.599. The monoisotopic (exact) mass is 354 g/mol. The molecule has 2 nitrogen and oxygen atoms in total. The smallest absolute Gasteiger partial charge is 0.227 e. The first-order valence-electron chi connectivity index (χ1n) is 9.66. The fourth-order valence-electron chi connectivity index (χ4n) is 3.96. The van der Waals surface area contributed by atoms with Gasteiger partial charge in [0.1, 0.15) is 0 Å². The van der Waals surface area contributed by atoms with Crippen molar-refractivity contribution >= 4 is 11.6 Å². The highest BCUT2D eigenvalue weighted by atomic mass is 16.2. The van der Waals surface area contributed by atoms with E-state index in [0.717, 1.165) is 18.5 Å². The summed E-state index contributed by atoms with van der Waals surface area (Å²) in [5.41, 5.74) is 4.64. The van der Waals surface area contributed by atoms with Crippen molar-refractivity contribution in [3.63, 3.8) is 0 Å². The molecule has 1 aliphatic heterocycles. The van der Waals surface area contributed by atoms with E-state index in [2.05, 4.69) is 79.7 Å². The molecule has 0 bridgehead atoms. The van der Waals surface area contributed by atoms with E-state index in [1.807, 2.05) is 17.0 Å². The summed E-state index contributed by atoms with van der Waals surface area (Å²) in [7, 11) is 0. The first-order chi connectivity index (χ1) is 13.3. The van der Waals surface area contributed by atoms with E-state index in [0.29, 0.717) is 6.42 Å². The summed E-state index contributed by atoms with van der Waals surface area (Å²) in [5.74, 6) is 1.43. The minimum atomic E-state index is 0.0507. The van der Waals surface area contributed by atoms with E-state index in [4.69, 9.17) is 0 Å². The maximum absolute atomic E-state index is 12.8. The average Bonchev–Trinajstić information content (AvgIpc) is 3.11. The van der Waals surface area contributed by atoms with Crippen LogP contribution in [0.3, 0.4) is 0 Å². The van der Waals surface area contributed by atoms with Gasteiger partial charge in [-0.15, -0.1) is 0 Å². The number of aryl methyl sites for hydroxylation is 1. The van der Waals surface area contributed by atoms with Crippen molar-refractivity contribution in [2.45, 2.75) is 32.2 Å². The molecule has 1 fully saturated rings. The molecule has 135 valence electrons. The molecule has 0 N–H and O–H groups in total. The lowest BCUT2D eigenvalue weighted by molar-refractivity contribution is -0.117. The Kier molecular flexibility index (Phi) is 5.06. The van der Waals surface area contributed by atoms with Crippen LogP contribution in [0.1, 0.15) is 36.5 Å². The zero-order valence-corrected chi connectivity index (χ0v) is 15.6. The van der Waals surface area contributed by atoms with E-state index >= 15 is 0 Å². The van der Waals surface area contributed by atoms with Gasteiger partial charge in [0.25, 0.3) is 0 Å². The standard InChI is InChI=1S/C25H24NO/c1-2-19-13-15-22(16-14-19)26-23(17-18-24(26)27)25(20-9-5-3-6-10-20)21-11-7-4-8-12-21/h3-16,23H,2,17-18H2,1H3. The third-order valence-electron chi connectivity index (χ3n) is 5.34. The van der Waals surface area contributed by atoms with Gasteiger partial charge in [0.2, 0.25) is 5.91 Å². The van der Waals surface area contributed by atoms with Crippen LogP contribution >= 0.6 is 0 Å². The molecule has 3 aromatic carbocycles. The summed E-state index contributed by atoms with van der Waals surface area (Å²) >= 11 is 0. The van der Waals surface area contributed by atoms with Gasteiger partial charge in [-0.1, -0.05) is 79.7 Å². The van der Waals surface area contributed by atoms with Crippen LogP contribution in [0.2, 0.25) is 0 Å². The summed E-state index contributed by atoms with van der Waals surface area (Å²) in [5, 5.41) is 0. The van der Waals surface area contributed by atoms with Crippen LogP contribution in [0, 0.1) is 5.92 Å². The van der Waals surface area contributed by atoms with Gasteiger partial charge < -0.3 is 4.90 Å². The summed E-state index contributed by atoms with van der Waals surface area (Å²) in [6.45, 7) is 2.15. The molecule has 1 radical (unpaired) electrons. The zero-order valence-electron chi connectivity index (χ0n) is 15.6. The number of hydrogen-bond acceptors (Lipinski definition) is 1. The van der Waals surface area contributed by atoms with Gasteiger partial charge in [0.05, 0.1) is 12.0 Å². The van der Waals surface area contributed by atoms with Crippen molar-refractivity contribution < 1.29 is 4.79 Å². The molecule has 2 heteroatoms. The zero-order chi connectivity index (χ0) is 18.6. The predicted octanol–water partition coefficient (Wildman–Crippen LogP) is 5.42. The van der Waals surface area contributed by atoms with Crippen molar-refractivity contribution in [1.82, 2.24) is 0 Å². The molecule has 0 aliphatic carbocycles. The minimum absolute atomic E-state index is 0.0507. The molecule has 1 unspecified atom stereocenters. The number of carbonyl (C=O) groups is 1. The molecule has 1 heterocycles. The van der Waals surface area contributed by atoms with Crippen LogP contribution in [-0.2, 0) is 11.2 Å². The highest BCUT2D eigenvalue weighted by Gasteiger charge is 2.39. The SMILES string of the molecule is CCc1ccc(N2C(=O)CCC2[C](c2ccccc2)c2ccccc2)cc1. The largest absolute Gasteiger partial charge is 0.308 e. The lowest BCUT2D eigenvalue weighted by atomic mass is 9.83. The van der Waals surface area contributed by atoms with Gasteiger partial charge in [0.15, 0.2) is 0 Å². The fourth-order valence-corrected chi connectivity index (χ4v) is 3.96. The first kappa shape index (κ1) is 17.5. The number of carbonyl (C=O) groups excluding carboxylic acids is 1. The maximum Gasteiger partial charge on any atom is 0.227 e. The molecule has 4 rings (SSSR count). The van der Waals surface area contributed by atoms with E-state index in [9.17, 15) is 4.79 Å². The fraction of sp³-hybridized carbons (Fsp3) is 0.200. The first-order valence-corrected chi connectivity index (χ1v) is 9.66. The second-order valence-electron chi connectivity index (χ2n) is 6.98. The van der Waals surface area contributed by atoms with Gasteiger partial charge in [-0.2, -0.15) is 0 Å². The Morgan fingerprint density at radius 3 is 1.93 bits per heavy atom. The van der Waals surface area contributed by atoms with Crippen LogP contribution in [-0.4, -0.2) is 11.9 Å². The molecular formula is C25H24NO. The molecule has 1 atom stereocenters. The summed E-state index contributed by atoms with van der Waals surface area (Å²) in [4.78, 5) is 14.8. The predicted molar refractivity (Wildman–Crippen MR) is 111 cm³/mol. The normalized spacial score (nSPS) is 16.9. The van der Waals surface area contributed by atoms with Crippen LogP contribution in [0.15, 0.2) is 84.9 Å². The molecule has 0 aromatic heterocycles. The van der Waals surface area contributed by atoms with Crippen molar-refractivity contribution in [2.75, 3.05) is 4.90 Å². The highest BCUT2D eigenvalue weighted by Crippen LogP contribution is 2.38. The number of rotatable bonds is 5. The van der Waals surface area contributed by atoms with Gasteiger partial charge >= 0.3 is 0 Å². The Morgan fingerprint density at radius 1 is 0.852 bits per heavy atom. The second kappa shape index (κ2) is 7.79. The van der Waals surface area contributed by atoms with Gasteiger partial charge in [-0.25, -0.2) is 0 Å². The third-order valence-corrected chi connectivity index (χ3v) is 5.34. The second-order valence-corrected chi connectivity index (χ2v) is 6.98. The minimum Gasteiger partial charge on any atom is -0.308 e. The number of hydrogen-bond donors (Lipinski definition) is 0.